The van der Waals surface area contributed by atoms with E-state index in [1.165, 1.54) is 5.56 Å². The van der Waals surface area contributed by atoms with Gasteiger partial charge in [0.2, 0.25) is 0 Å². The van der Waals surface area contributed by atoms with Gasteiger partial charge in [-0.05, 0) is 38.0 Å². The Morgan fingerprint density at radius 1 is 1.22 bits per heavy atom. The van der Waals surface area contributed by atoms with Crippen molar-refractivity contribution in [1.29, 1.82) is 0 Å². The van der Waals surface area contributed by atoms with Gasteiger partial charge >= 0.3 is 0 Å². The molecule has 6 nitrogen and oxygen atoms in total. The number of aryl methyl sites for hydroxylation is 2. The Hall–Kier alpha value is -2.89. The van der Waals surface area contributed by atoms with Crippen molar-refractivity contribution in [3.05, 3.63) is 52.8 Å². The Bertz CT molecular complexity index is 945. The molecule has 1 amide bonds. The van der Waals surface area contributed by atoms with Crippen LogP contribution in [-0.2, 0) is 0 Å². The molecule has 0 saturated carbocycles. The van der Waals surface area contributed by atoms with Crippen molar-refractivity contribution in [2.45, 2.75) is 33.6 Å². The molecule has 0 spiro atoms. The molecule has 2 aromatic heterocycles. The second kappa shape index (κ2) is 7.78. The zero-order valence-electron chi connectivity index (χ0n) is 16.4. The van der Waals surface area contributed by atoms with Gasteiger partial charge in [0, 0.05) is 12.7 Å². The van der Waals surface area contributed by atoms with Crippen molar-refractivity contribution in [3.63, 3.8) is 0 Å². The van der Waals surface area contributed by atoms with E-state index >= 15 is 0 Å². The number of ether oxygens (including phenoxy) is 1. The minimum atomic E-state index is -0.0943. The molecule has 0 fully saturated rings. The third kappa shape index (κ3) is 4.10. The molecule has 0 aliphatic rings. The predicted octanol–water partition coefficient (Wildman–Crippen LogP) is 4.11. The van der Waals surface area contributed by atoms with Crippen LogP contribution < -0.4 is 4.74 Å². The Morgan fingerprint density at radius 3 is 2.59 bits per heavy atom. The van der Waals surface area contributed by atoms with Crippen molar-refractivity contribution in [3.8, 4) is 5.75 Å². The minimum absolute atomic E-state index is 0.0943. The number of amides is 1. The first-order valence-corrected chi connectivity index (χ1v) is 9.08. The van der Waals surface area contributed by atoms with Gasteiger partial charge in [0.25, 0.3) is 11.6 Å². The highest BCUT2D eigenvalue weighted by Gasteiger charge is 2.22. The molecule has 2 heterocycles. The summed E-state index contributed by atoms with van der Waals surface area (Å²) in [6.07, 6.45) is 0. The van der Waals surface area contributed by atoms with E-state index < -0.39 is 0 Å². The monoisotopic (exact) mass is 367 g/mol. The zero-order valence-corrected chi connectivity index (χ0v) is 16.4. The van der Waals surface area contributed by atoms with Gasteiger partial charge in [-0.25, -0.2) is 4.98 Å². The van der Waals surface area contributed by atoms with Crippen LogP contribution in [0.2, 0.25) is 0 Å². The van der Waals surface area contributed by atoms with Crippen molar-refractivity contribution in [2.75, 3.05) is 20.2 Å². The van der Waals surface area contributed by atoms with Crippen LogP contribution in [0.4, 0.5) is 0 Å². The number of fused-ring (bicyclic) bond motifs is 1. The number of carbonyl (C=O) groups excluding carboxylic acids is 1. The third-order valence-electron chi connectivity index (χ3n) is 4.52. The van der Waals surface area contributed by atoms with E-state index in [2.05, 4.69) is 10.1 Å². The highest BCUT2D eigenvalue weighted by atomic mass is 16.5. The lowest BCUT2D eigenvalue weighted by Gasteiger charge is -2.19. The average molecular weight is 367 g/mol. The summed E-state index contributed by atoms with van der Waals surface area (Å²) in [6, 6.07) is 9.70. The lowest BCUT2D eigenvalue weighted by atomic mass is 10.0. The summed E-state index contributed by atoms with van der Waals surface area (Å²) >= 11 is 0. The first-order chi connectivity index (χ1) is 12.9. The maximum atomic E-state index is 13.0. The van der Waals surface area contributed by atoms with Gasteiger partial charge in [-0.2, -0.15) is 0 Å². The fourth-order valence-corrected chi connectivity index (χ4v) is 2.82. The molecule has 0 atom stereocenters. The molecule has 27 heavy (non-hydrogen) atoms. The Balaban J connectivity index is 1.76. The molecule has 0 saturated heterocycles. The lowest BCUT2D eigenvalue weighted by Crippen LogP contribution is -2.31. The summed E-state index contributed by atoms with van der Waals surface area (Å²) in [5.41, 5.74) is 3.64. The van der Waals surface area contributed by atoms with Crippen LogP contribution in [0, 0.1) is 13.8 Å². The maximum absolute atomic E-state index is 13.0. The fraction of sp³-hybridized carbons (Fsp3) is 0.381. The second-order valence-corrected chi connectivity index (χ2v) is 7.09. The molecular weight excluding hydrogens is 342 g/mol. The van der Waals surface area contributed by atoms with Crippen LogP contribution >= 0.6 is 0 Å². The summed E-state index contributed by atoms with van der Waals surface area (Å²) < 4.78 is 11.0. The van der Waals surface area contributed by atoms with Crippen molar-refractivity contribution in [2.24, 2.45) is 0 Å². The molecule has 1 aromatic carbocycles. The molecule has 0 N–H and O–H groups in total. The largest absolute Gasteiger partial charge is 0.492 e. The molecule has 142 valence electrons. The number of hydrogen-bond donors (Lipinski definition) is 0. The maximum Gasteiger partial charge on any atom is 0.259 e. The fourth-order valence-electron chi connectivity index (χ4n) is 2.82. The van der Waals surface area contributed by atoms with E-state index in [-0.39, 0.29) is 11.8 Å². The SMILES string of the molecule is Cc1ccc(OCCN(C)C(=O)c2cc(C(C)C)nc3onc(C)c23)cc1. The number of rotatable bonds is 6. The summed E-state index contributed by atoms with van der Waals surface area (Å²) in [7, 11) is 1.77. The van der Waals surface area contributed by atoms with E-state index in [1.807, 2.05) is 58.0 Å². The molecular formula is C21H25N3O3. The van der Waals surface area contributed by atoms with Gasteiger partial charge in [-0.1, -0.05) is 36.7 Å². The average Bonchev–Trinajstić information content (AvgIpc) is 3.03. The molecule has 0 aliphatic carbocycles. The van der Waals surface area contributed by atoms with Gasteiger partial charge in [0.1, 0.15) is 12.4 Å². The van der Waals surface area contributed by atoms with Crippen LogP contribution in [-0.4, -0.2) is 41.1 Å². The van der Waals surface area contributed by atoms with Crippen LogP contribution in [0.5, 0.6) is 5.75 Å². The molecule has 0 radical (unpaired) electrons. The summed E-state index contributed by atoms with van der Waals surface area (Å²) in [5, 5.41) is 4.65. The van der Waals surface area contributed by atoms with E-state index in [0.717, 1.165) is 11.4 Å². The van der Waals surface area contributed by atoms with Gasteiger partial charge in [0.15, 0.2) is 0 Å². The first-order valence-electron chi connectivity index (χ1n) is 9.08. The van der Waals surface area contributed by atoms with Gasteiger partial charge in [0.05, 0.1) is 23.2 Å². The number of benzene rings is 1. The topological polar surface area (TPSA) is 68.5 Å². The molecule has 0 bridgehead atoms. The first kappa shape index (κ1) is 18.9. The predicted molar refractivity (Wildman–Crippen MR) is 104 cm³/mol. The Labute approximate surface area is 159 Å². The van der Waals surface area contributed by atoms with E-state index in [1.54, 1.807) is 11.9 Å². The Morgan fingerprint density at radius 2 is 1.93 bits per heavy atom. The van der Waals surface area contributed by atoms with Crippen molar-refractivity contribution < 1.29 is 14.1 Å². The highest BCUT2D eigenvalue weighted by Crippen LogP contribution is 2.26. The zero-order chi connectivity index (χ0) is 19.6. The van der Waals surface area contributed by atoms with E-state index in [9.17, 15) is 4.79 Å². The van der Waals surface area contributed by atoms with Crippen molar-refractivity contribution >= 4 is 17.0 Å². The number of aromatic nitrogens is 2. The quantitative estimate of drug-likeness (QED) is 0.656. The Kier molecular flexibility index (Phi) is 5.44. The molecule has 3 aromatic rings. The normalized spacial score (nSPS) is 11.2. The molecule has 0 unspecified atom stereocenters. The van der Waals surface area contributed by atoms with Crippen LogP contribution in [0.3, 0.4) is 0 Å². The second-order valence-electron chi connectivity index (χ2n) is 7.09. The van der Waals surface area contributed by atoms with Gasteiger partial charge in [-0.15, -0.1) is 0 Å². The van der Waals surface area contributed by atoms with Gasteiger partial charge < -0.3 is 14.2 Å². The standard InChI is InChI=1S/C21H25N3O3/c1-13(2)18-12-17(19-15(4)23-27-20(19)22-18)21(25)24(5)10-11-26-16-8-6-14(3)7-9-16/h6-9,12-13H,10-11H2,1-5H3. The van der Waals surface area contributed by atoms with Crippen LogP contribution in [0.1, 0.15) is 47.1 Å². The van der Waals surface area contributed by atoms with Crippen LogP contribution in [0.25, 0.3) is 11.1 Å². The number of pyridine rings is 1. The smallest absolute Gasteiger partial charge is 0.259 e. The van der Waals surface area contributed by atoms with E-state index in [4.69, 9.17) is 9.26 Å². The van der Waals surface area contributed by atoms with E-state index in [0.29, 0.717) is 35.5 Å². The van der Waals surface area contributed by atoms with Crippen LogP contribution in [0.15, 0.2) is 34.9 Å². The molecule has 3 rings (SSSR count). The molecule has 6 heteroatoms. The summed E-state index contributed by atoms with van der Waals surface area (Å²) in [5.74, 6) is 0.884. The molecule has 0 aliphatic heterocycles. The number of carbonyl (C=O) groups is 1. The summed E-state index contributed by atoms with van der Waals surface area (Å²) in [6.45, 7) is 8.80. The number of hydrogen-bond acceptors (Lipinski definition) is 5. The van der Waals surface area contributed by atoms with Gasteiger partial charge in [-0.3, -0.25) is 4.79 Å². The summed E-state index contributed by atoms with van der Waals surface area (Å²) in [4.78, 5) is 19.2. The lowest BCUT2D eigenvalue weighted by molar-refractivity contribution is 0.0775. The highest BCUT2D eigenvalue weighted by molar-refractivity contribution is 6.05. The number of likely N-dealkylation sites (N-methyl/N-ethyl adjacent to an activating group) is 1. The minimum Gasteiger partial charge on any atom is -0.492 e. The number of nitrogens with zero attached hydrogens (tertiary/aromatic N) is 3. The van der Waals surface area contributed by atoms with Crippen molar-refractivity contribution in [1.82, 2.24) is 15.0 Å². The third-order valence-corrected chi connectivity index (χ3v) is 4.52.